The standard InChI is InChI=1S/C13H8N2O6/c16-11(12-7-8-13(21-12)15(19)20)6-5-9-3-1-2-4-10(9)14(17)18/h1-8H/b6-5+. The number of ketones is 1. The Bertz CT molecular complexity index is 747. The normalized spacial score (nSPS) is 10.7. The molecule has 0 aliphatic carbocycles. The van der Waals surface area contributed by atoms with Crippen molar-refractivity contribution in [1.29, 1.82) is 0 Å². The zero-order chi connectivity index (χ0) is 15.4. The minimum atomic E-state index is -0.761. The summed E-state index contributed by atoms with van der Waals surface area (Å²) in [7, 11) is 0. The highest BCUT2D eigenvalue weighted by atomic mass is 16.6. The van der Waals surface area contributed by atoms with Crippen molar-refractivity contribution in [1.82, 2.24) is 0 Å². The fourth-order valence-electron chi connectivity index (χ4n) is 1.60. The maximum Gasteiger partial charge on any atom is 0.433 e. The van der Waals surface area contributed by atoms with E-state index in [0.717, 1.165) is 12.1 Å². The third kappa shape index (κ3) is 3.18. The summed E-state index contributed by atoms with van der Waals surface area (Å²) in [5.41, 5.74) is 0.101. The number of hydrogen-bond donors (Lipinski definition) is 0. The summed E-state index contributed by atoms with van der Waals surface area (Å²) in [6.07, 6.45) is 2.32. The van der Waals surface area contributed by atoms with Crippen LogP contribution in [0.2, 0.25) is 0 Å². The average molecular weight is 288 g/mol. The van der Waals surface area contributed by atoms with Crippen molar-refractivity contribution < 1.29 is 19.1 Å². The van der Waals surface area contributed by atoms with Gasteiger partial charge in [-0.05, 0) is 24.3 Å². The molecule has 1 aromatic heterocycles. The summed E-state index contributed by atoms with van der Waals surface area (Å²) in [5, 5.41) is 21.3. The minimum absolute atomic E-state index is 0.146. The van der Waals surface area contributed by atoms with E-state index < -0.39 is 21.5 Å². The van der Waals surface area contributed by atoms with Crippen molar-refractivity contribution in [2.45, 2.75) is 0 Å². The third-order valence-corrected chi connectivity index (χ3v) is 2.56. The summed E-state index contributed by atoms with van der Waals surface area (Å²) in [6, 6.07) is 8.12. The summed E-state index contributed by atoms with van der Waals surface area (Å²) in [6.45, 7) is 0. The van der Waals surface area contributed by atoms with Gasteiger partial charge in [0.05, 0.1) is 16.6 Å². The van der Waals surface area contributed by atoms with Gasteiger partial charge in [-0.15, -0.1) is 0 Å². The second kappa shape index (κ2) is 5.78. The topological polar surface area (TPSA) is 116 Å². The maximum atomic E-state index is 11.8. The Morgan fingerprint density at radius 1 is 1.05 bits per heavy atom. The molecule has 8 heteroatoms. The Balaban J connectivity index is 2.22. The predicted molar refractivity (Wildman–Crippen MR) is 71.8 cm³/mol. The Kier molecular flexibility index (Phi) is 3.89. The van der Waals surface area contributed by atoms with E-state index >= 15 is 0 Å². The Morgan fingerprint density at radius 2 is 1.76 bits per heavy atom. The van der Waals surface area contributed by atoms with Gasteiger partial charge in [0.15, 0.2) is 5.76 Å². The summed E-state index contributed by atoms with van der Waals surface area (Å²) < 4.78 is 4.74. The van der Waals surface area contributed by atoms with E-state index in [-0.39, 0.29) is 17.0 Å². The first-order chi connectivity index (χ1) is 9.99. The van der Waals surface area contributed by atoms with Gasteiger partial charge in [0.2, 0.25) is 5.78 Å². The molecule has 0 unspecified atom stereocenters. The monoisotopic (exact) mass is 288 g/mol. The van der Waals surface area contributed by atoms with Crippen LogP contribution in [0.5, 0.6) is 0 Å². The van der Waals surface area contributed by atoms with Crippen molar-refractivity contribution in [3.05, 3.63) is 74.0 Å². The number of nitro groups is 2. The first-order valence-corrected chi connectivity index (χ1v) is 5.69. The number of allylic oxidation sites excluding steroid dienone is 1. The number of carbonyl (C=O) groups excluding carboxylic acids is 1. The van der Waals surface area contributed by atoms with Crippen molar-refractivity contribution >= 4 is 23.4 Å². The molecule has 0 saturated carbocycles. The largest absolute Gasteiger partial charge is 0.433 e. The zero-order valence-corrected chi connectivity index (χ0v) is 10.5. The van der Waals surface area contributed by atoms with Crippen LogP contribution >= 0.6 is 0 Å². The lowest BCUT2D eigenvalue weighted by atomic mass is 10.1. The first-order valence-electron chi connectivity index (χ1n) is 5.69. The van der Waals surface area contributed by atoms with Gasteiger partial charge in [-0.2, -0.15) is 0 Å². The van der Waals surface area contributed by atoms with E-state index in [4.69, 9.17) is 4.42 Å². The van der Waals surface area contributed by atoms with E-state index in [1.807, 2.05) is 0 Å². The second-order valence-corrected chi connectivity index (χ2v) is 3.91. The lowest BCUT2D eigenvalue weighted by Crippen LogP contribution is -1.93. The summed E-state index contributed by atoms with van der Waals surface area (Å²) in [4.78, 5) is 31.7. The van der Waals surface area contributed by atoms with Crippen LogP contribution in [0, 0.1) is 20.2 Å². The molecule has 8 nitrogen and oxygen atoms in total. The molecule has 0 spiro atoms. The van der Waals surface area contributed by atoms with Gasteiger partial charge < -0.3 is 4.42 Å². The number of benzene rings is 1. The van der Waals surface area contributed by atoms with E-state index in [1.165, 1.54) is 30.3 Å². The zero-order valence-electron chi connectivity index (χ0n) is 10.5. The quantitative estimate of drug-likeness (QED) is 0.361. The lowest BCUT2D eigenvalue weighted by Gasteiger charge is -1.95. The molecule has 1 aromatic carbocycles. The van der Waals surface area contributed by atoms with Crippen LogP contribution in [-0.2, 0) is 0 Å². The molecule has 0 bridgehead atoms. The van der Waals surface area contributed by atoms with Crippen LogP contribution in [0.4, 0.5) is 11.6 Å². The van der Waals surface area contributed by atoms with Gasteiger partial charge in [0.1, 0.15) is 4.92 Å². The van der Waals surface area contributed by atoms with Gasteiger partial charge in [0.25, 0.3) is 5.69 Å². The van der Waals surface area contributed by atoms with Crippen molar-refractivity contribution in [2.75, 3.05) is 0 Å². The second-order valence-electron chi connectivity index (χ2n) is 3.91. The van der Waals surface area contributed by atoms with Crippen molar-refractivity contribution in [2.24, 2.45) is 0 Å². The molecule has 0 atom stereocenters. The molecular formula is C13H8N2O6. The molecule has 106 valence electrons. The highest BCUT2D eigenvalue weighted by molar-refractivity contribution is 6.05. The number of nitrogens with zero attached hydrogens (tertiary/aromatic N) is 2. The van der Waals surface area contributed by atoms with E-state index in [1.54, 1.807) is 6.07 Å². The molecule has 1 heterocycles. The van der Waals surface area contributed by atoms with Gasteiger partial charge >= 0.3 is 5.88 Å². The highest BCUT2D eigenvalue weighted by Gasteiger charge is 2.16. The summed E-state index contributed by atoms with van der Waals surface area (Å²) in [5.74, 6) is -1.38. The number of hydrogen-bond acceptors (Lipinski definition) is 6. The Morgan fingerprint density at radius 3 is 2.38 bits per heavy atom. The minimum Gasteiger partial charge on any atom is -0.397 e. The third-order valence-electron chi connectivity index (χ3n) is 2.56. The first kappa shape index (κ1) is 14.1. The van der Waals surface area contributed by atoms with Crippen LogP contribution in [-0.4, -0.2) is 15.6 Å². The number of rotatable bonds is 5. The molecule has 2 aromatic rings. The Hall–Kier alpha value is -3.29. The van der Waals surface area contributed by atoms with E-state index in [9.17, 15) is 25.0 Å². The molecule has 0 radical (unpaired) electrons. The molecule has 2 rings (SSSR count). The fourth-order valence-corrected chi connectivity index (χ4v) is 1.60. The SMILES string of the molecule is O=C(/C=C/c1ccccc1[N+](=O)[O-])c1ccc([N+](=O)[O-])o1. The van der Waals surface area contributed by atoms with Gasteiger partial charge in [-0.25, -0.2) is 0 Å². The molecule has 0 saturated heterocycles. The van der Waals surface area contributed by atoms with E-state index in [0.29, 0.717) is 0 Å². The number of furan rings is 1. The molecule has 0 fully saturated rings. The van der Waals surface area contributed by atoms with Gasteiger partial charge in [-0.1, -0.05) is 12.1 Å². The smallest absolute Gasteiger partial charge is 0.397 e. The predicted octanol–water partition coefficient (Wildman–Crippen LogP) is 2.99. The van der Waals surface area contributed by atoms with Crippen LogP contribution in [0.3, 0.4) is 0 Å². The molecule has 0 N–H and O–H groups in total. The van der Waals surface area contributed by atoms with Crippen molar-refractivity contribution in [3.63, 3.8) is 0 Å². The van der Waals surface area contributed by atoms with E-state index in [2.05, 4.69) is 0 Å². The number of nitro benzene ring substituents is 1. The maximum absolute atomic E-state index is 11.8. The lowest BCUT2D eigenvalue weighted by molar-refractivity contribution is -0.402. The van der Waals surface area contributed by atoms with Crippen LogP contribution in [0.1, 0.15) is 16.1 Å². The molecule has 0 amide bonds. The molecule has 0 aliphatic heterocycles. The van der Waals surface area contributed by atoms with Crippen LogP contribution in [0.15, 0.2) is 46.9 Å². The summed E-state index contributed by atoms with van der Waals surface area (Å²) >= 11 is 0. The Labute approximate surface area is 117 Å². The van der Waals surface area contributed by atoms with Gasteiger partial charge in [0, 0.05) is 6.07 Å². The number of para-hydroxylation sites is 1. The van der Waals surface area contributed by atoms with Crippen molar-refractivity contribution in [3.8, 4) is 0 Å². The van der Waals surface area contributed by atoms with Gasteiger partial charge in [-0.3, -0.25) is 25.0 Å². The van der Waals surface area contributed by atoms with Crippen LogP contribution < -0.4 is 0 Å². The molecule has 0 aliphatic rings. The molecular weight excluding hydrogens is 280 g/mol. The molecule has 21 heavy (non-hydrogen) atoms. The fraction of sp³-hybridized carbons (Fsp3) is 0. The highest BCUT2D eigenvalue weighted by Crippen LogP contribution is 2.20. The number of carbonyl (C=O) groups is 1. The van der Waals surface area contributed by atoms with Crippen LogP contribution in [0.25, 0.3) is 6.08 Å². The average Bonchev–Trinajstić information content (AvgIpc) is 2.95.